The molecule has 1 saturated carbocycles. The van der Waals surface area contributed by atoms with Crippen molar-refractivity contribution >= 4 is 28.4 Å². The van der Waals surface area contributed by atoms with Gasteiger partial charge in [-0.05, 0) is 69.4 Å². The fraction of sp³-hybridized carbons (Fsp3) is 0.520. The van der Waals surface area contributed by atoms with Crippen molar-refractivity contribution in [2.24, 2.45) is 17.8 Å². The van der Waals surface area contributed by atoms with Crippen LogP contribution in [0.1, 0.15) is 44.2 Å². The van der Waals surface area contributed by atoms with Gasteiger partial charge in [0.15, 0.2) is 5.82 Å². The monoisotopic (exact) mass is 442 g/mol. The van der Waals surface area contributed by atoms with Crippen LogP contribution < -0.4 is 16.0 Å². The summed E-state index contributed by atoms with van der Waals surface area (Å²) >= 11 is 0. The second kappa shape index (κ2) is 8.31. The molecule has 4 N–H and O–H groups in total. The van der Waals surface area contributed by atoms with Gasteiger partial charge in [0.25, 0.3) is 0 Å². The lowest BCUT2D eigenvalue weighted by Crippen LogP contribution is -2.55. The predicted molar refractivity (Wildman–Crippen MR) is 128 cm³/mol. The maximum absolute atomic E-state index is 9.13. The summed E-state index contributed by atoms with van der Waals surface area (Å²) in [7, 11) is 0. The van der Waals surface area contributed by atoms with E-state index >= 15 is 0 Å². The van der Waals surface area contributed by atoms with Crippen LogP contribution in [-0.2, 0) is 0 Å². The molecule has 0 aromatic carbocycles. The van der Waals surface area contributed by atoms with Gasteiger partial charge < -0.3 is 16.0 Å². The standard InChI is InChI=1S/C25H30N8/c1-14-5-24(33-32-14)30-23-12-22-21(3-2-4-27-22)25(31-23)29-20-10-18-8-17(9-19(11-20)28-18)16-6-15(7-16)13-26/h2-5,12,15-20,28H,6-11H2,1H3,(H3,29,30,31,32,33)/t15?,16?,17?,18-,19-,20?/m1/s1. The molecule has 0 unspecified atom stereocenters. The lowest BCUT2D eigenvalue weighted by atomic mass is 9.63. The van der Waals surface area contributed by atoms with Gasteiger partial charge in [-0.3, -0.25) is 10.1 Å². The van der Waals surface area contributed by atoms with Crippen LogP contribution in [0.4, 0.5) is 17.5 Å². The third-order valence-electron chi connectivity index (χ3n) is 7.71. The lowest BCUT2D eigenvalue weighted by Gasteiger charge is -2.48. The minimum atomic E-state index is 0.304. The minimum Gasteiger partial charge on any atom is -0.367 e. The Bertz CT molecular complexity index is 1180. The van der Waals surface area contributed by atoms with Crippen LogP contribution in [0.3, 0.4) is 0 Å². The first-order chi connectivity index (χ1) is 16.1. The number of rotatable bonds is 5. The molecule has 3 fully saturated rings. The Morgan fingerprint density at radius 1 is 1.03 bits per heavy atom. The summed E-state index contributed by atoms with van der Waals surface area (Å²) in [5.74, 6) is 4.21. The number of nitrogens with one attached hydrogen (secondary N) is 4. The number of nitrogens with zero attached hydrogens (tertiary/aromatic N) is 4. The molecule has 8 heteroatoms. The van der Waals surface area contributed by atoms with E-state index in [-0.39, 0.29) is 0 Å². The first-order valence-corrected chi connectivity index (χ1v) is 12.1. The molecule has 8 nitrogen and oxygen atoms in total. The Kier molecular flexibility index (Phi) is 5.14. The third kappa shape index (κ3) is 4.13. The Morgan fingerprint density at radius 2 is 1.82 bits per heavy atom. The number of H-pyrrole nitrogens is 1. The van der Waals surface area contributed by atoms with Crippen molar-refractivity contribution < 1.29 is 0 Å². The highest BCUT2D eigenvalue weighted by Gasteiger charge is 2.42. The average Bonchev–Trinajstić information content (AvgIpc) is 3.17. The van der Waals surface area contributed by atoms with E-state index in [9.17, 15) is 0 Å². The molecular weight excluding hydrogens is 412 g/mol. The quantitative estimate of drug-likeness (QED) is 0.467. The van der Waals surface area contributed by atoms with E-state index in [2.05, 4.69) is 43.3 Å². The molecule has 2 atom stereocenters. The van der Waals surface area contributed by atoms with Crippen LogP contribution in [0, 0.1) is 36.0 Å². The maximum atomic E-state index is 9.13. The van der Waals surface area contributed by atoms with E-state index < -0.39 is 0 Å². The highest BCUT2D eigenvalue weighted by atomic mass is 15.2. The molecule has 2 saturated heterocycles. The van der Waals surface area contributed by atoms with Gasteiger partial charge in [-0.15, -0.1) is 0 Å². The van der Waals surface area contributed by atoms with Gasteiger partial charge in [0.05, 0.1) is 11.6 Å². The number of nitriles is 1. The Balaban J connectivity index is 1.18. The Hall–Kier alpha value is -3.18. The van der Waals surface area contributed by atoms with Gasteiger partial charge in [-0.2, -0.15) is 10.4 Å². The molecule has 0 radical (unpaired) electrons. The summed E-state index contributed by atoms with van der Waals surface area (Å²) in [6, 6.07) is 11.9. The molecule has 33 heavy (non-hydrogen) atoms. The van der Waals surface area contributed by atoms with Crippen molar-refractivity contribution in [3.8, 4) is 6.07 Å². The largest absolute Gasteiger partial charge is 0.367 e. The van der Waals surface area contributed by atoms with E-state index in [0.717, 1.165) is 71.6 Å². The van der Waals surface area contributed by atoms with Crippen LogP contribution in [0.15, 0.2) is 30.5 Å². The van der Waals surface area contributed by atoms with Gasteiger partial charge in [0.1, 0.15) is 11.6 Å². The second-order valence-corrected chi connectivity index (χ2v) is 10.1. The van der Waals surface area contributed by atoms with Crippen molar-refractivity contribution in [3.05, 3.63) is 36.2 Å². The molecular formula is C25H30N8. The Morgan fingerprint density at radius 3 is 2.55 bits per heavy atom. The number of aromatic nitrogens is 4. The highest BCUT2D eigenvalue weighted by molar-refractivity contribution is 5.91. The molecule has 0 amide bonds. The molecule has 170 valence electrons. The third-order valence-corrected chi connectivity index (χ3v) is 7.71. The number of hydrogen-bond donors (Lipinski definition) is 4. The van der Waals surface area contributed by atoms with Gasteiger partial charge in [-0.1, -0.05) is 0 Å². The van der Waals surface area contributed by atoms with Gasteiger partial charge in [0, 0.05) is 53.5 Å². The summed E-state index contributed by atoms with van der Waals surface area (Å²) in [6.07, 6.45) is 8.70. The molecule has 5 heterocycles. The number of pyridine rings is 2. The lowest BCUT2D eigenvalue weighted by molar-refractivity contribution is 0.0770. The first-order valence-electron chi connectivity index (χ1n) is 12.1. The number of aryl methyl sites for hydroxylation is 1. The van der Waals surface area contributed by atoms with Crippen molar-refractivity contribution in [3.63, 3.8) is 0 Å². The van der Waals surface area contributed by atoms with Crippen molar-refractivity contribution in [1.82, 2.24) is 25.5 Å². The molecule has 0 spiro atoms. The van der Waals surface area contributed by atoms with Gasteiger partial charge in [0.2, 0.25) is 0 Å². The van der Waals surface area contributed by atoms with Crippen LogP contribution in [0.5, 0.6) is 0 Å². The second-order valence-electron chi connectivity index (χ2n) is 10.1. The van der Waals surface area contributed by atoms with Crippen LogP contribution in [0.2, 0.25) is 0 Å². The first kappa shape index (κ1) is 20.4. The normalized spacial score (nSPS) is 30.9. The van der Waals surface area contributed by atoms with Crippen LogP contribution in [-0.4, -0.2) is 38.3 Å². The van der Waals surface area contributed by atoms with Crippen LogP contribution >= 0.6 is 0 Å². The van der Waals surface area contributed by atoms with E-state index in [1.807, 2.05) is 31.3 Å². The van der Waals surface area contributed by atoms with E-state index in [1.54, 1.807) is 0 Å². The summed E-state index contributed by atoms with van der Waals surface area (Å²) in [4.78, 5) is 9.48. The van der Waals surface area contributed by atoms with Crippen molar-refractivity contribution in [1.29, 1.82) is 5.26 Å². The molecule has 3 aliphatic rings. The zero-order valence-corrected chi connectivity index (χ0v) is 18.9. The smallest absolute Gasteiger partial charge is 0.153 e. The molecule has 6 rings (SSSR count). The molecule has 3 aromatic heterocycles. The number of fused-ring (bicyclic) bond motifs is 3. The number of aromatic amines is 1. The summed E-state index contributed by atoms with van der Waals surface area (Å²) in [5, 5.41) is 28.3. The SMILES string of the molecule is Cc1cc(Nc2cc3ncccc3c(NC3C[C@H]4CC(C5CC(C#N)C5)C[C@H](C3)N4)n2)n[nH]1. The summed E-state index contributed by atoms with van der Waals surface area (Å²) in [6.45, 7) is 1.98. The highest BCUT2D eigenvalue weighted by Crippen LogP contribution is 2.45. The maximum Gasteiger partial charge on any atom is 0.153 e. The molecule has 2 bridgehead atoms. The molecule has 2 aliphatic heterocycles. The van der Waals surface area contributed by atoms with E-state index in [0.29, 0.717) is 24.0 Å². The molecule has 1 aliphatic carbocycles. The number of piperidine rings is 2. The topological polar surface area (TPSA) is 114 Å². The fourth-order valence-corrected chi connectivity index (χ4v) is 6.12. The van der Waals surface area contributed by atoms with E-state index in [1.165, 1.54) is 12.8 Å². The number of hydrogen-bond acceptors (Lipinski definition) is 7. The average molecular weight is 443 g/mol. The zero-order chi connectivity index (χ0) is 22.4. The minimum absolute atomic E-state index is 0.304. The van der Waals surface area contributed by atoms with E-state index in [4.69, 9.17) is 10.2 Å². The van der Waals surface area contributed by atoms with Crippen molar-refractivity contribution in [2.45, 2.75) is 63.6 Å². The van der Waals surface area contributed by atoms with Crippen molar-refractivity contribution in [2.75, 3.05) is 10.6 Å². The fourth-order valence-electron chi connectivity index (χ4n) is 6.12. The summed E-state index contributed by atoms with van der Waals surface area (Å²) < 4.78 is 0. The predicted octanol–water partition coefficient (Wildman–Crippen LogP) is 4.27. The van der Waals surface area contributed by atoms with Gasteiger partial charge in [-0.25, -0.2) is 4.98 Å². The van der Waals surface area contributed by atoms with Crippen LogP contribution in [0.25, 0.3) is 10.9 Å². The van der Waals surface area contributed by atoms with Gasteiger partial charge >= 0.3 is 0 Å². The zero-order valence-electron chi connectivity index (χ0n) is 18.9. The summed E-state index contributed by atoms with van der Waals surface area (Å²) in [5.41, 5.74) is 1.91. The Labute approximate surface area is 193 Å². The molecule has 3 aromatic rings. The number of anilines is 3.